The Hall–Kier alpha value is -3.45. The molecule has 0 aliphatic rings. The molecule has 2 aromatic heterocycles. The van der Waals surface area contributed by atoms with E-state index in [4.69, 9.17) is 9.15 Å². The van der Waals surface area contributed by atoms with E-state index in [-0.39, 0.29) is 11.7 Å². The first kappa shape index (κ1) is 18.9. The zero-order valence-corrected chi connectivity index (χ0v) is 16.7. The molecule has 29 heavy (non-hydrogen) atoms. The number of Topliss-reactive ketones (excluding diaryl/α,β-unsaturated/α-hetero) is 1. The van der Waals surface area contributed by atoms with Gasteiger partial charge >= 0.3 is 0 Å². The van der Waals surface area contributed by atoms with Crippen molar-refractivity contribution in [2.24, 2.45) is 0 Å². The van der Waals surface area contributed by atoms with Crippen LogP contribution in [0.3, 0.4) is 0 Å². The van der Waals surface area contributed by atoms with E-state index in [1.54, 1.807) is 24.3 Å². The first-order valence-corrected chi connectivity index (χ1v) is 9.96. The van der Waals surface area contributed by atoms with Crippen molar-refractivity contribution >= 4 is 39.1 Å². The number of thiazole rings is 1. The first-order valence-electron chi connectivity index (χ1n) is 9.08. The molecule has 0 radical (unpaired) electrons. The standard InChI is InChI=1S/C22H18N2O4S/c1-3-27-17-8-9-19-16(10-17)11-20(28-19)18-12-29-22(23-18)24-21(26)15-6-4-14(5-7-15)13(2)25/h4-12H,3H2,1-2H3,(H,23,24,26). The zero-order valence-electron chi connectivity index (χ0n) is 15.9. The Labute approximate surface area is 171 Å². The molecule has 0 atom stereocenters. The van der Waals surface area contributed by atoms with Gasteiger partial charge in [0.05, 0.1) is 6.61 Å². The van der Waals surface area contributed by atoms with Crippen LogP contribution in [0, 0.1) is 0 Å². The number of benzene rings is 2. The number of ketones is 1. The van der Waals surface area contributed by atoms with Crippen molar-refractivity contribution in [2.45, 2.75) is 13.8 Å². The number of nitrogens with one attached hydrogen (secondary N) is 1. The lowest BCUT2D eigenvalue weighted by atomic mass is 10.1. The molecule has 0 bridgehead atoms. The maximum Gasteiger partial charge on any atom is 0.257 e. The van der Waals surface area contributed by atoms with E-state index in [0.717, 1.165) is 16.7 Å². The smallest absolute Gasteiger partial charge is 0.257 e. The Bertz CT molecular complexity index is 1190. The maximum absolute atomic E-state index is 12.4. The molecular weight excluding hydrogens is 388 g/mol. The summed E-state index contributed by atoms with van der Waals surface area (Å²) in [5.41, 5.74) is 2.41. The zero-order chi connectivity index (χ0) is 20.4. The normalized spacial score (nSPS) is 10.8. The van der Waals surface area contributed by atoms with E-state index in [9.17, 15) is 9.59 Å². The number of hydrogen-bond donors (Lipinski definition) is 1. The Balaban J connectivity index is 1.51. The molecule has 0 aliphatic heterocycles. The van der Waals surface area contributed by atoms with Crippen LogP contribution in [0.1, 0.15) is 34.6 Å². The van der Waals surface area contributed by atoms with Crippen LogP contribution in [-0.2, 0) is 0 Å². The highest BCUT2D eigenvalue weighted by Gasteiger charge is 2.14. The first-order chi connectivity index (χ1) is 14.0. The highest BCUT2D eigenvalue weighted by molar-refractivity contribution is 7.14. The number of rotatable bonds is 6. The Morgan fingerprint density at radius 1 is 1.10 bits per heavy atom. The molecule has 6 nitrogen and oxygen atoms in total. The SMILES string of the molecule is CCOc1ccc2oc(-c3csc(NC(=O)c4ccc(C(C)=O)cc4)n3)cc2c1. The van der Waals surface area contributed by atoms with Gasteiger partial charge < -0.3 is 9.15 Å². The second-order valence-corrected chi connectivity index (χ2v) is 7.23. The van der Waals surface area contributed by atoms with Crippen molar-refractivity contribution in [1.29, 1.82) is 0 Å². The molecule has 1 amide bonds. The van der Waals surface area contributed by atoms with Crippen molar-refractivity contribution in [1.82, 2.24) is 4.98 Å². The van der Waals surface area contributed by atoms with Gasteiger partial charge in [-0.15, -0.1) is 11.3 Å². The molecule has 4 rings (SSSR count). The molecule has 146 valence electrons. The molecule has 0 saturated heterocycles. The van der Waals surface area contributed by atoms with Gasteiger partial charge in [0.1, 0.15) is 17.0 Å². The average molecular weight is 406 g/mol. The van der Waals surface area contributed by atoms with Crippen LogP contribution < -0.4 is 10.1 Å². The monoisotopic (exact) mass is 406 g/mol. The van der Waals surface area contributed by atoms with Crippen molar-refractivity contribution < 1.29 is 18.7 Å². The molecule has 0 saturated carbocycles. The van der Waals surface area contributed by atoms with E-state index >= 15 is 0 Å². The highest BCUT2D eigenvalue weighted by Crippen LogP contribution is 2.32. The topological polar surface area (TPSA) is 81.4 Å². The minimum absolute atomic E-state index is 0.0410. The predicted octanol–water partition coefficient (Wildman–Crippen LogP) is 5.41. The van der Waals surface area contributed by atoms with E-state index in [1.165, 1.54) is 18.3 Å². The Morgan fingerprint density at radius 3 is 2.59 bits per heavy atom. The molecule has 0 unspecified atom stereocenters. The van der Waals surface area contributed by atoms with Crippen LogP contribution in [0.5, 0.6) is 5.75 Å². The van der Waals surface area contributed by atoms with Gasteiger partial charge in [0.25, 0.3) is 5.91 Å². The summed E-state index contributed by atoms with van der Waals surface area (Å²) in [6.07, 6.45) is 0. The van der Waals surface area contributed by atoms with Gasteiger partial charge in [-0.25, -0.2) is 4.98 Å². The van der Waals surface area contributed by atoms with Crippen molar-refractivity contribution in [3.63, 3.8) is 0 Å². The van der Waals surface area contributed by atoms with Crippen LogP contribution >= 0.6 is 11.3 Å². The maximum atomic E-state index is 12.4. The quantitative estimate of drug-likeness (QED) is 0.433. The van der Waals surface area contributed by atoms with Gasteiger partial charge in [-0.05, 0) is 50.2 Å². The minimum Gasteiger partial charge on any atom is -0.494 e. The van der Waals surface area contributed by atoms with Crippen molar-refractivity contribution in [3.8, 4) is 17.2 Å². The van der Waals surface area contributed by atoms with Crippen LogP contribution in [0.2, 0.25) is 0 Å². The second-order valence-electron chi connectivity index (χ2n) is 6.37. The van der Waals surface area contributed by atoms with Crippen LogP contribution in [0.25, 0.3) is 22.4 Å². The van der Waals surface area contributed by atoms with Gasteiger partial charge in [-0.1, -0.05) is 12.1 Å². The largest absolute Gasteiger partial charge is 0.494 e. The molecule has 4 aromatic rings. The van der Waals surface area contributed by atoms with E-state index in [1.807, 2.05) is 36.6 Å². The summed E-state index contributed by atoms with van der Waals surface area (Å²) in [5.74, 6) is 1.08. The summed E-state index contributed by atoms with van der Waals surface area (Å²) in [5, 5.41) is 6.00. The molecular formula is C22H18N2O4S. The summed E-state index contributed by atoms with van der Waals surface area (Å²) in [7, 11) is 0. The number of nitrogens with zero attached hydrogens (tertiary/aromatic N) is 1. The third-order valence-electron chi connectivity index (χ3n) is 4.33. The van der Waals surface area contributed by atoms with Crippen LogP contribution in [-0.4, -0.2) is 23.3 Å². The number of ether oxygens (including phenoxy) is 1. The second kappa shape index (κ2) is 7.89. The summed E-state index contributed by atoms with van der Waals surface area (Å²) in [6.45, 7) is 4.03. The van der Waals surface area contributed by atoms with Crippen LogP contribution in [0.15, 0.2) is 58.3 Å². The highest BCUT2D eigenvalue weighted by atomic mass is 32.1. The molecule has 7 heteroatoms. The molecule has 0 fully saturated rings. The van der Waals surface area contributed by atoms with Gasteiger partial charge in [0, 0.05) is 21.9 Å². The van der Waals surface area contributed by atoms with Gasteiger partial charge in [-0.2, -0.15) is 0 Å². The number of carbonyl (C=O) groups is 2. The Kier molecular flexibility index (Phi) is 5.14. The molecule has 0 aliphatic carbocycles. The molecule has 2 heterocycles. The third kappa shape index (κ3) is 4.05. The van der Waals surface area contributed by atoms with E-state index in [2.05, 4.69) is 10.3 Å². The summed E-state index contributed by atoms with van der Waals surface area (Å²) < 4.78 is 11.4. The lowest BCUT2D eigenvalue weighted by Crippen LogP contribution is -2.11. The number of carbonyl (C=O) groups excluding carboxylic acids is 2. The van der Waals surface area contributed by atoms with Gasteiger partial charge in [-0.3, -0.25) is 14.9 Å². The average Bonchev–Trinajstić information content (AvgIpc) is 3.34. The number of fused-ring (bicyclic) bond motifs is 1. The van der Waals surface area contributed by atoms with Crippen LogP contribution in [0.4, 0.5) is 5.13 Å². The third-order valence-corrected chi connectivity index (χ3v) is 5.09. The van der Waals surface area contributed by atoms with Crippen molar-refractivity contribution in [3.05, 3.63) is 65.0 Å². The number of aromatic nitrogens is 1. The lowest BCUT2D eigenvalue weighted by Gasteiger charge is -2.02. The predicted molar refractivity (Wildman–Crippen MR) is 113 cm³/mol. The Morgan fingerprint density at radius 2 is 1.86 bits per heavy atom. The minimum atomic E-state index is -0.285. The number of anilines is 1. The molecule has 1 N–H and O–H groups in total. The van der Waals surface area contributed by atoms with Gasteiger partial charge in [0.15, 0.2) is 16.7 Å². The summed E-state index contributed by atoms with van der Waals surface area (Å²) >= 11 is 1.31. The number of hydrogen-bond acceptors (Lipinski definition) is 6. The van der Waals surface area contributed by atoms with E-state index < -0.39 is 0 Å². The summed E-state index contributed by atoms with van der Waals surface area (Å²) in [4.78, 5) is 28.2. The fourth-order valence-corrected chi connectivity index (χ4v) is 3.57. The fraction of sp³-hybridized carbons (Fsp3) is 0.136. The lowest BCUT2D eigenvalue weighted by molar-refractivity contribution is 0.100. The summed E-state index contributed by atoms with van der Waals surface area (Å²) in [6, 6.07) is 14.1. The van der Waals surface area contributed by atoms with Gasteiger partial charge in [0.2, 0.25) is 0 Å². The molecule has 0 spiro atoms. The number of amides is 1. The molecule has 2 aromatic carbocycles. The van der Waals surface area contributed by atoms with E-state index in [0.29, 0.717) is 34.3 Å². The fourth-order valence-electron chi connectivity index (χ4n) is 2.87. The number of furan rings is 1. The van der Waals surface area contributed by atoms with Crippen molar-refractivity contribution in [2.75, 3.05) is 11.9 Å².